The molecular formula is C24H21N5O2. The number of benzene rings is 2. The van der Waals surface area contributed by atoms with Crippen molar-refractivity contribution in [3.05, 3.63) is 64.0 Å². The fraction of sp³-hybridized carbons (Fsp3) is 0.250. The maximum absolute atomic E-state index is 10.8. The Morgan fingerprint density at radius 2 is 1.58 bits per heavy atom. The predicted molar refractivity (Wildman–Crippen MR) is 119 cm³/mol. The van der Waals surface area contributed by atoms with Crippen molar-refractivity contribution in [2.75, 3.05) is 18.0 Å². The first kappa shape index (κ1) is 20.2. The molecule has 0 aliphatic carbocycles. The van der Waals surface area contributed by atoms with Crippen LogP contribution in [0.2, 0.25) is 0 Å². The molecule has 0 radical (unpaired) electrons. The van der Waals surface area contributed by atoms with E-state index in [1.807, 2.05) is 18.2 Å². The molecule has 0 spiro atoms. The van der Waals surface area contributed by atoms with Gasteiger partial charge in [0.1, 0.15) is 23.6 Å². The summed E-state index contributed by atoms with van der Waals surface area (Å²) in [5.41, 5.74) is 3.88. The molecule has 0 bridgehead atoms. The van der Waals surface area contributed by atoms with Crippen molar-refractivity contribution in [1.29, 1.82) is 10.5 Å². The van der Waals surface area contributed by atoms with Gasteiger partial charge in [-0.3, -0.25) is 0 Å². The lowest BCUT2D eigenvalue weighted by Gasteiger charge is -2.37. The van der Waals surface area contributed by atoms with Crippen LogP contribution in [0.1, 0.15) is 35.1 Å². The fourth-order valence-corrected chi connectivity index (χ4v) is 4.12. The van der Waals surface area contributed by atoms with E-state index in [1.165, 1.54) is 24.1 Å². The van der Waals surface area contributed by atoms with Crippen molar-refractivity contribution in [3.63, 3.8) is 0 Å². The van der Waals surface area contributed by atoms with E-state index in [2.05, 4.69) is 14.9 Å². The molecule has 2 aromatic carbocycles. The van der Waals surface area contributed by atoms with Gasteiger partial charge < -0.3 is 15.1 Å². The summed E-state index contributed by atoms with van der Waals surface area (Å²) in [6.07, 6.45) is 6.54. The van der Waals surface area contributed by atoms with E-state index >= 15 is 0 Å². The zero-order valence-electron chi connectivity index (χ0n) is 16.9. The highest BCUT2D eigenvalue weighted by atomic mass is 16.3. The Hall–Kier alpha value is -4.10. The van der Waals surface area contributed by atoms with Crippen LogP contribution in [-0.4, -0.2) is 35.7 Å². The first-order valence-corrected chi connectivity index (χ1v) is 10.2. The summed E-state index contributed by atoms with van der Waals surface area (Å²) >= 11 is 0. The maximum Gasteiger partial charge on any atom is 0.176 e. The molecule has 4 rings (SSSR count). The van der Waals surface area contributed by atoms with Crippen LogP contribution in [0.3, 0.4) is 0 Å². The largest absolute Gasteiger partial charge is 0.507 e. The van der Waals surface area contributed by atoms with E-state index in [0.717, 1.165) is 50.0 Å². The minimum absolute atomic E-state index is 0.0209. The topological polar surface area (TPSA) is 116 Å². The number of rotatable bonds is 4. The number of anilines is 1. The van der Waals surface area contributed by atoms with Gasteiger partial charge in [-0.1, -0.05) is 12.1 Å². The van der Waals surface area contributed by atoms with Crippen LogP contribution in [0.5, 0.6) is 11.5 Å². The van der Waals surface area contributed by atoms with Crippen molar-refractivity contribution in [3.8, 4) is 23.6 Å². The average Bonchev–Trinajstić information content (AvgIpc) is 2.80. The lowest BCUT2D eigenvalue weighted by molar-refractivity contribution is 0.461. The second kappa shape index (κ2) is 8.73. The van der Waals surface area contributed by atoms with Gasteiger partial charge in [-0.2, -0.15) is 10.5 Å². The smallest absolute Gasteiger partial charge is 0.176 e. The highest BCUT2D eigenvalue weighted by Crippen LogP contribution is 2.41. The Kier molecular flexibility index (Phi) is 5.68. The Bertz CT molecular complexity index is 1200. The van der Waals surface area contributed by atoms with Crippen molar-refractivity contribution in [2.24, 2.45) is 9.98 Å². The lowest BCUT2D eigenvalue weighted by atomic mass is 9.89. The minimum Gasteiger partial charge on any atom is -0.507 e. The number of hydrogen-bond acceptors (Lipinski definition) is 7. The van der Waals surface area contributed by atoms with Gasteiger partial charge in [-0.25, -0.2) is 9.98 Å². The molecule has 0 unspecified atom stereocenters. The van der Waals surface area contributed by atoms with Crippen molar-refractivity contribution >= 4 is 18.1 Å². The zero-order chi connectivity index (χ0) is 21.8. The summed E-state index contributed by atoms with van der Waals surface area (Å²) in [5, 5.41) is 39.6. The summed E-state index contributed by atoms with van der Waals surface area (Å²) in [5.74, 6) is 0.204. The first-order valence-electron chi connectivity index (χ1n) is 10.2. The molecule has 7 heteroatoms. The van der Waals surface area contributed by atoms with Crippen LogP contribution >= 0.6 is 0 Å². The van der Waals surface area contributed by atoms with E-state index in [9.17, 15) is 20.7 Å². The molecule has 2 N–H and O–H groups in total. The van der Waals surface area contributed by atoms with Gasteiger partial charge in [-0.15, -0.1) is 0 Å². The molecule has 0 saturated heterocycles. The highest BCUT2D eigenvalue weighted by Gasteiger charge is 2.27. The molecule has 0 aromatic heterocycles. The summed E-state index contributed by atoms with van der Waals surface area (Å²) in [6, 6.07) is 12.2. The van der Waals surface area contributed by atoms with Gasteiger partial charge in [0.25, 0.3) is 0 Å². The average molecular weight is 411 g/mol. The highest BCUT2D eigenvalue weighted by molar-refractivity contribution is 5.89. The minimum atomic E-state index is -0.174. The predicted octanol–water partition coefficient (Wildman–Crippen LogP) is 3.59. The molecule has 154 valence electrons. The Morgan fingerprint density at radius 3 is 2.26 bits per heavy atom. The molecule has 2 aromatic rings. The van der Waals surface area contributed by atoms with Gasteiger partial charge >= 0.3 is 0 Å². The number of aliphatic imine (C=N–C) groups is 2. The van der Waals surface area contributed by atoms with Gasteiger partial charge in [0.05, 0.1) is 0 Å². The Labute approximate surface area is 180 Å². The molecule has 0 fully saturated rings. The number of aromatic hydroxyl groups is 2. The molecule has 0 saturated carbocycles. The van der Waals surface area contributed by atoms with Crippen LogP contribution in [0, 0.1) is 22.7 Å². The summed E-state index contributed by atoms with van der Waals surface area (Å²) in [7, 11) is 0. The van der Waals surface area contributed by atoms with Crippen molar-refractivity contribution in [1.82, 2.24) is 0 Å². The van der Waals surface area contributed by atoms with E-state index in [1.54, 1.807) is 18.2 Å². The van der Waals surface area contributed by atoms with Crippen molar-refractivity contribution in [2.45, 2.75) is 25.7 Å². The third kappa shape index (κ3) is 3.99. The maximum atomic E-state index is 10.8. The lowest BCUT2D eigenvalue weighted by Crippen LogP contribution is -2.34. The van der Waals surface area contributed by atoms with E-state index in [0.29, 0.717) is 11.1 Å². The number of nitriles is 2. The Balaban J connectivity index is 1.69. The number of allylic oxidation sites excluding steroid dienone is 2. The number of para-hydroxylation sites is 1. The first-order chi connectivity index (χ1) is 15.1. The van der Waals surface area contributed by atoms with Crippen molar-refractivity contribution < 1.29 is 10.2 Å². The molecule has 0 atom stereocenters. The quantitative estimate of drug-likeness (QED) is 0.589. The van der Waals surface area contributed by atoms with Crippen LogP contribution in [0.25, 0.3) is 0 Å². The molecular weight excluding hydrogens is 390 g/mol. The van der Waals surface area contributed by atoms with Crippen LogP contribution < -0.4 is 4.90 Å². The van der Waals surface area contributed by atoms with Gasteiger partial charge in [0.2, 0.25) is 0 Å². The molecule has 2 aliphatic rings. The number of phenols is 2. The summed E-state index contributed by atoms with van der Waals surface area (Å²) < 4.78 is 0. The molecule has 7 nitrogen and oxygen atoms in total. The summed E-state index contributed by atoms with van der Waals surface area (Å²) in [4.78, 5) is 10.5. The third-order valence-electron chi connectivity index (χ3n) is 5.56. The normalized spacial score (nSPS) is 16.0. The van der Waals surface area contributed by atoms with Gasteiger partial charge in [0, 0.05) is 47.9 Å². The van der Waals surface area contributed by atoms with Crippen LogP contribution in [-0.2, 0) is 12.8 Å². The zero-order valence-corrected chi connectivity index (χ0v) is 16.9. The molecule has 0 amide bonds. The van der Waals surface area contributed by atoms with E-state index in [-0.39, 0.29) is 22.9 Å². The van der Waals surface area contributed by atoms with E-state index in [4.69, 9.17) is 0 Å². The van der Waals surface area contributed by atoms with Gasteiger partial charge in [0.15, 0.2) is 11.4 Å². The SMILES string of the molecule is N#C/C(N=Cc1ccccc1O)=C(/C#N)N=Cc1cc2c3c(c1O)CCCN3CCC2. The molecule has 2 aliphatic heterocycles. The number of hydrogen-bond donors (Lipinski definition) is 2. The number of aryl methyl sites for hydroxylation is 1. The molecule has 2 heterocycles. The third-order valence-corrected chi connectivity index (χ3v) is 5.56. The second-order valence-electron chi connectivity index (χ2n) is 7.49. The van der Waals surface area contributed by atoms with Crippen LogP contribution in [0.4, 0.5) is 5.69 Å². The summed E-state index contributed by atoms with van der Waals surface area (Å²) in [6.45, 7) is 2.02. The monoisotopic (exact) mass is 411 g/mol. The van der Waals surface area contributed by atoms with Gasteiger partial charge in [-0.05, 0) is 49.4 Å². The molecule has 31 heavy (non-hydrogen) atoms. The van der Waals surface area contributed by atoms with E-state index < -0.39 is 0 Å². The van der Waals surface area contributed by atoms with Crippen LogP contribution in [0.15, 0.2) is 51.7 Å². The standard InChI is InChI=1S/C24H21N5O2/c25-12-20(27-14-17-5-1-2-8-22(17)30)21(13-26)28-15-18-11-16-6-3-9-29-10-4-7-19(23(16)29)24(18)31/h1-2,5,8,11,14-15,30-31H,3-4,6-7,9-10H2/b21-20+,27-14?,28-15?. The number of nitrogens with zero attached hydrogens (tertiary/aromatic N) is 5. The second-order valence-corrected chi connectivity index (χ2v) is 7.49. The number of phenolic OH excluding ortho intramolecular Hbond substituents is 2. The Morgan fingerprint density at radius 1 is 0.935 bits per heavy atom. The fourth-order valence-electron chi connectivity index (χ4n) is 4.12.